The highest BCUT2D eigenvalue weighted by Crippen LogP contribution is 2.63. The fourth-order valence-electron chi connectivity index (χ4n) is 5.80. The van der Waals surface area contributed by atoms with Gasteiger partial charge in [-0.25, -0.2) is 0 Å². The minimum atomic E-state index is -1.39. The van der Waals surface area contributed by atoms with Gasteiger partial charge in [0.25, 0.3) is 0 Å². The van der Waals surface area contributed by atoms with Crippen LogP contribution in [0.3, 0.4) is 0 Å². The molecule has 4 rings (SSSR count). The molecule has 0 radical (unpaired) electrons. The van der Waals surface area contributed by atoms with Crippen molar-refractivity contribution in [1.82, 2.24) is 0 Å². The van der Waals surface area contributed by atoms with Crippen LogP contribution in [0.1, 0.15) is 36.3 Å². The highest BCUT2D eigenvalue weighted by atomic mass is 16.6. The fourth-order valence-corrected chi connectivity index (χ4v) is 5.80. The van der Waals surface area contributed by atoms with Crippen LogP contribution in [0.2, 0.25) is 0 Å². The first-order valence-corrected chi connectivity index (χ1v) is 10.2. The molecule has 4 atom stereocenters. The van der Waals surface area contributed by atoms with E-state index in [4.69, 9.17) is 18.9 Å². The van der Waals surface area contributed by atoms with Gasteiger partial charge in [-0.15, -0.1) is 13.2 Å². The highest BCUT2D eigenvalue weighted by Gasteiger charge is 2.71. The van der Waals surface area contributed by atoms with E-state index in [-0.39, 0.29) is 24.2 Å². The summed E-state index contributed by atoms with van der Waals surface area (Å²) < 4.78 is 22.1. The van der Waals surface area contributed by atoms with Crippen LogP contribution in [0.15, 0.2) is 37.4 Å². The Bertz CT molecular complexity index is 903. The van der Waals surface area contributed by atoms with Gasteiger partial charge in [-0.05, 0) is 42.5 Å². The molecule has 0 amide bonds. The van der Waals surface area contributed by atoms with Crippen molar-refractivity contribution in [3.05, 3.63) is 48.6 Å². The third-order valence-electron chi connectivity index (χ3n) is 7.40. The molecule has 0 bridgehead atoms. The standard InChI is InChI=1S/C24H28O6/c1-6-15-8-9-16(7-2)24(15)13-23(21(25)29-5,22(26)30-24)18-10-14-11-19(27-3)20(28-4)12-17(14)18/h6-7,11-12,15-16,18H,1-2,8-10,13H2,3-5H3/t15-,16-,18?,23-/m1/s1. The molecule has 1 unspecified atom stereocenters. The summed E-state index contributed by atoms with van der Waals surface area (Å²) in [4.78, 5) is 26.6. The van der Waals surface area contributed by atoms with E-state index in [0.717, 1.165) is 24.0 Å². The lowest BCUT2D eigenvalue weighted by molar-refractivity contribution is -0.167. The Morgan fingerprint density at radius 3 is 2.23 bits per heavy atom. The maximum Gasteiger partial charge on any atom is 0.324 e. The molecule has 6 heteroatoms. The van der Waals surface area contributed by atoms with E-state index < -0.39 is 23.0 Å². The van der Waals surface area contributed by atoms with Gasteiger partial charge in [-0.1, -0.05) is 12.2 Å². The van der Waals surface area contributed by atoms with Crippen molar-refractivity contribution in [2.45, 2.75) is 37.2 Å². The van der Waals surface area contributed by atoms with Crippen molar-refractivity contribution >= 4 is 11.9 Å². The van der Waals surface area contributed by atoms with Gasteiger partial charge in [-0.3, -0.25) is 9.59 Å². The number of methoxy groups -OCH3 is 3. The van der Waals surface area contributed by atoms with Crippen molar-refractivity contribution in [3.63, 3.8) is 0 Å². The molecule has 1 heterocycles. The van der Waals surface area contributed by atoms with Gasteiger partial charge < -0.3 is 18.9 Å². The second-order valence-electron chi connectivity index (χ2n) is 8.41. The van der Waals surface area contributed by atoms with Crippen LogP contribution in [0.25, 0.3) is 0 Å². The Morgan fingerprint density at radius 1 is 1.10 bits per heavy atom. The average molecular weight is 412 g/mol. The molecule has 2 fully saturated rings. The Morgan fingerprint density at radius 2 is 1.70 bits per heavy atom. The summed E-state index contributed by atoms with van der Waals surface area (Å²) in [5.41, 5.74) is -0.271. The molecule has 0 N–H and O–H groups in total. The number of hydrogen-bond donors (Lipinski definition) is 0. The average Bonchev–Trinajstić information content (AvgIpc) is 3.24. The quantitative estimate of drug-likeness (QED) is 0.404. The topological polar surface area (TPSA) is 71.1 Å². The molecule has 1 saturated carbocycles. The molecule has 160 valence electrons. The zero-order valence-corrected chi connectivity index (χ0v) is 17.7. The van der Waals surface area contributed by atoms with Crippen LogP contribution in [-0.2, 0) is 25.5 Å². The molecular weight excluding hydrogens is 384 g/mol. The van der Waals surface area contributed by atoms with Crippen LogP contribution in [-0.4, -0.2) is 38.9 Å². The summed E-state index contributed by atoms with van der Waals surface area (Å²) in [7, 11) is 4.47. The first-order chi connectivity index (χ1) is 14.4. The van der Waals surface area contributed by atoms with Gasteiger partial charge in [0.1, 0.15) is 5.60 Å². The Labute approximate surface area is 176 Å². The second kappa shape index (κ2) is 7.18. The molecule has 1 aliphatic heterocycles. The van der Waals surface area contributed by atoms with Crippen molar-refractivity contribution in [2.75, 3.05) is 21.3 Å². The maximum absolute atomic E-state index is 13.5. The van der Waals surface area contributed by atoms with E-state index in [1.807, 2.05) is 24.3 Å². The van der Waals surface area contributed by atoms with Crippen LogP contribution in [0.4, 0.5) is 0 Å². The predicted octanol–water partition coefficient (Wildman–Crippen LogP) is 3.59. The van der Waals surface area contributed by atoms with Crippen LogP contribution < -0.4 is 9.47 Å². The van der Waals surface area contributed by atoms with Gasteiger partial charge in [0.2, 0.25) is 0 Å². The van der Waals surface area contributed by atoms with Gasteiger partial charge in [-0.2, -0.15) is 0 Å². The molecular formula is C24H28O6. The second-order valence-corrected chi connectivity index (χ2v) is 8.41. The van der Waals surface area contributed by atoms with Crippen molar-refractivity contribution < 1.29 is 28.5 Å². The molecule has 0 aromatic heterocycles. The molecule has 1 aromatic rings. The zero-order chi connectivity index (χ0) is 21.7. The number of hydrogen-bond acceptors (Lipinski definition) is 6. The van der Waals surface area contributed by atoms with Crippen LogP contribution >= 0.6 is 0 Å². The normalized spacial score (nSPS) is 30.8. The maximum atomic E-state index is 13.5. The van der Waals surface area contributed by atoms with E-state index in [1.54, 1.807) is 14.2 Å². The number of rotatable bonds is 6. The van der Waals surface area contributed by atoms with Gasteiger partial charge in [0.05, 0.1) is 21.3 Å². The molecule has 1 aromatic carbocycles. The van der Waals surface area contributed by atoms with Gasteiger partial charge in [0.15, 0.2) is 16.9 Å². The lowest BCUT2D eigenvalue weighted by atomic mass is 9.58. The molecule has 1 spiro atoms. The van der Waals surface area contributed by atoms with Gasteiger partial charge in [0, 0.05) is 24.2 Å². The number of carbonyl (C=O) groups excluding carboxylic acids is 2. The van der Waals surface area contributed by atoms with Crippen LogP contribution in [0.5, 0.6) is 11.5 Å². The minimum absolute atomic E-state index is 0.0269. The summed E-state index contributed by atoms with van der Waals surface area (Å²) in [5.74, 6) is -0.268. The number of fused-ring (bicyclic) bond motifs is 1. The first-order valence-electron chi connectivity index (χ1n) is 10.2. The Balaban J connectivity index is 1.81. The van der Waals surface area contributed by atoms with Crippen molar-refractivity contribution in [3.8, 4) is 11.5 Å². The summed E-state index contributed by atoms with van der Waals surface area (Å²) in [6.45, 7) is 7.91. The number of carbonyl (C=O) groups is 2. The van der Waals surface area contributed by atoms with E-state index >= 15 is 0 Å². The monoisotopic (exact) mass is 412 g/mol. The largest absolute Gasteiger partial charge is 0.493 e. The molecule has 30 heavy (non-hydrogen) atoms. The predicted molar refractivity (Wildman–Crippen MR) is 110 cm³/mol. The molecule has 2 aliphatic carbocycles. The van der Waals surface area contributed by atoms with Gasteiger partial charge >= 0.3 is 11.9 Å². The molecule has 1 saturated heterocycles. The lowest BCUT2D eigenvalue weighted by Gasteiger charge is -2.41. The smallest absolute Gasteiger partial charge is 0.324 e. The summed E-state index contributed by atoms with van der Waals surface area (Å²) in [5, 5.41) is 0. The summed E-state index contributed by atoms with van der Waals surface area (Å²) in [6, 6.07) is 3.76. The highest BCUT2D eigenvalue weighted by molar-refractivity contribution is 6.03. The summed E-state index contributed by atoms with van der Waals surface area (Å²) in [6.07, 6.45) is 6.19. The number of esters is 2. The van der Waals surface area contributed by atoms with Crippen LogP contribution in [0, 0.1) is 17.3 Å². The zero-order valence-electron chi connectivity index (χ0n) is 17.7. The lowest BCUT2D eigenvalue weighted by Crippen LogP contribution is -2.47. The summed E-state index contributed by atoms with van der Waals surface area (Å²) >= 11 is 0. The number of ether oxygens (including phenoxy) is 4. The molecule has 3 aliphatic rings. The van der Waals surface area contributed by atoms with E-state index in [9.17, 15) is 9.59 Å². The van der Waals surface area contributed by atoms with Crippen molar-refractivity contribution in [2.24, 2.45) is 17.3 Å². The van der Waals surface area contributed by atoms with E-state index in [1.165, 1.54) is 7.11 Å². The number of benzene rings is 1. The minimum Gasteiger partial charge on any atom is -0.493 e. The third-order valence-corrected chi connectivity index (χ3v) is 7.40. The first kappa shape index (κ1) is 20.5. The SMILES string of the molecule is C=C[C@@H]1CC[C@@H](C=C)C12C[C@](C(=O)OC)(C1Cc3cc(OC)c(OC)cc31)C(=O)O2. The fraction of sp³-hybridized carbons (Fsp3) is 0.500. The Hall–Kier alpha value is -2.76. The Kier molecular flexibility index (Phi) is 4.91. The van der Waals surface area contributed by atoms with E-state index in [0.29, 0.717) is 17.9 Å². The van der Waals surface area contributed by atoms with Crippen molar-refractivity contribution in [1.29, 1.82) is 0 Å². The third kappa shape index (κ3) is 2.49. The van der Waals surface area contributed by atoms with E-state index in [2.05, 4.69) is 13.2 Å². The molecule has 6 nitrogen and oxygen atoms in total.